The number of hydrogen-bond donors (Lipinski definition) is 0. The number of benzene rings is 6. The quantitative estimate of drug-likeness (QED) is 0.0768. The van der Waals surface area contributed by atoms with Crippen molar-refractivity contribution in [3.63, 3.8) is 0 Å². The highest BCUT2D eigenvalue weighted by molar-refractivity contribution is 5.91. The van der Waals surface area contributed by atoms with Crippen LogP contribution < -0.4 is 0 Å². The molecular formula is C56H58O12. The average Bonchev–Trinajstić information content (AvgIpc) is 3.41. The minimum Gasteiger partial charge on any atom is -0.453 e. The summed E-state index contributed by atoms with van der Waals surface area (Å²) in [6.07, 6.45) is -9.29. The summed E-state index contributed by atoms with van der Waals surface area (Å²) in [6, 6.07) is 56.7. The van der Waals surface area contributed by atoms with Crippen LogP contribution in [0.15, 0.2) is 176 Å². The molecule has 3 heterocycles. The Morgan fingerprint density at radius 2 is 0.912 bits per heavy atom. The van der Waals surface area contributed by atoms with Crippen molar-refractivity contribution < 1.29 is 56.9 Å². The highest BCUT2D eigenvalue weighted by atomic mass is 16.8. The number of fused-ring (bicyclic) bond motifs is 3. The molecule has 0 N–H and O–H groups in total. The van der Waals surface area contributed by atoms with Crippen LogP contribution in [-0.2, 0) is 91.7 Å². The Kier molecular flexibility index (Phi) is 16.8. The Balaban J connectivity index is 1.12. The lowest BCUT2D eigenvalue weighted by Crippen LogP contribution is -2.66. The molecule has 2 fully saturated rings. The first kappa shape index (κ1) is 47.5. The number of rotatable bonds is 18. The Morgan fingerprint density at radius 1 is 0.456 bits per heavy atom. The molecule has 354 valence electrons. The van der Waals surface area contributed by atoms with E-state index in [4.69, 9.17) is 52.1 Å². The molecule has 0 amide bonds. The zero-order valence-corrected chi connectivity index (χ0v) is 38.1. The van der Waals surface area contributed by atoms with Crippen LogP contribution in [0.3, 0.4) is 0 Å². The van der Waals surface area contributed by atoms with Crippen LogP contribution in [0.1, 0.15) is 43.7 Å². The van der Waals surface area contributed by atoms with Crippen molar-refractivity contribution >= 4 is 5.97 Å². The third-order valence-corrected chi connectivity index (χ3v) is 12.3. The number of esters is 1. The molecule has 0 bridgehead atoms. The van der Waals surface area contributed by atoms with Crippen LogP contribution in [0.2, 0.25) is 0 Å². The second kappa shape index (κ2) is 24.1. The van der Waals surface area contributed by atoms with Gasteiger partial charge in [0.1, 0.15) is 42.7 Å². The molecule has 3 aliphatic heterocycles. The average molecular weight is 923 g/mol. The van der Waals surface area contributed by atoms with Gasteiger partial charge < -0.3 is 52.1 Å². The molecule has 0 spiro atoms. The summed E-state index contributed by atoms with van der Waals surface area (Å²) < 4.78 is 74.1. The first-order chi connectivity index (χ1) is 33.6. The molecule has 6 aromatic rings. The van der Waals surface area contributed by atoms with E-state index in [0.29, 0.717) is 24.3 Å². The highest BCUT2D eigenvalue weighted by Crippen LogP contribution is 2.37. The molecule has 9 rings (SSSR count). The molecule has 12 nitrogen and oxygen atoms in total. The smallest absolute Gasteiger partial charge is 0.338 e. The molecule has 12 heteroatoms. The van der Waals surface area contributed by atoms with E-state index in [1.54, 1.807) is 12.1 Å². The number of carbonyl (C=O) groups excluding carboxylic acids is 1. The Labute approximate surface area is 397 Å². The highest BCUT2D eigenvalue weighted by Gasteiger charge is 2.55. The largest absolute Gasteiger partial charge is 0.453 e. The predicted molar refractivity (Wildman–Crippen MR) is 251 cm³/mol. The summed E-state index contributed by atoms with van der Waals surface area (Å²) in [7, 11) is 1.54. The van der Waals surface area contributed by atoms with E-state index in [-0.39, 0.29) is 39.6 Å². The molecule has 0 aliphatic carbocycles. The van der Waals surface area contributed by atoms with Gasteiger partial charge in [-0.1, -0.05) is 170 Å². The summed E-state index contributed by atoms with van der Waals surface area (Å²) in [4.78, 5) is 14.6. The molecule has 6 aromatic carbocycles. The molecule has 3 aliphatic rings. The van der Waals surface area contributed by atoms with Crippen LogP contribution in [0.5, 0.6) is 0 Å². The lowest BCUT2D eigenvalue weighted by atomic mass is 9.95. The number of ether oxygens (including phenoxy) is 11. The SMILES string of the molecule is CO[C@H]1O[C@H](COCc2ccccc2)[C@H]2O[C@H]3O[C@H](COCc4ccccc4)[C@@H](OCc4ccccc4)[C@H](OCc4ccccc4)[C@H]3OCc3ccccc3C(=O)O[C@@H]2[C@H]1OCc1ccccc1. The van der Waals surface area contributed by atoms with Crippen molar-refractivity contribution in [2.24, 2.45) is 0 Å². The molecule has 0 aromatic heterocycles. The maximum absolute atomic E-state index is 14.6. The van der Waals surface area contributed by atoms with Crippen molar-refractivity contribution in [2.75, 3.05) is 20.3 Å². The Morgan fingerprint density at radius 3 is 1.44 bits per heavy atom. The van der Waals surface area contributed by atoms with E-state index in [9.17, 15) is 4.79 Å². The summed E-state index contributed by atoms with van der Waals surface area (Å²) in [5.74, 6) is -0.587. The maximum Gasteiger partial charge on any atom is 0.338 e. The molecule has 0 unspecified atom stereocenters. The fourth-order valence-corrected chi connectivity index (χ4v) is 8.77. The van der Waals surface area contributed by atoms with Gasteiger partial charge in [0, 0.05) is 7.11 Å². The van der Waals surface area contributed by atoms with Crippen molar-refractivity contribution in [1.29, 1.82) is 0 Å². The van der Waals surface area contributed by atoms with Gasteiger partial charge in [0.15, 0.2) is 18.7 Å². The third-order valence-electron chi connectivity index (χ3n) is 12.3. The van der Waals surface area contributed by atoms with Gasteiger partial charge in [-0.3, -0.25) is 0 Å². The molecule has 10 atom stereocenters. The van der Waals surface area contributed by atoms with Gasteiger partial charge >= 0.3 is 5.97 Å². The fraction of sp³-hybridized carbons (Fsp3) is 0.339. The summed E-state index contributed by atoms with van der Waals surface area (Å²) in [5, 5.41) is 0. The zero-order chi connectivity index (χ0) is 46.3. The van der Waals surface area contributed by atoms with Crippen molar-refractivity contribution in [3.05, 3.63) is 215 Å². The van der Waals surface area contributed by atoms with Gasteiger partial charge in [0.05, 0.1) is 58.4 Å². The van der Waals surface area contributed by atoms with Crippen LogP contribution in [0.4, 0.5) is 0 Å². The Bertz CT molecular complexity index is 2410. The van der Waals surface area contributed by atoms with Crippen LogP contribution in [0.25, 0.3) is 0 Å². The van der Waals surface area contributed by atoms with Gasteiger partial charge in [-0.25, -0.2) is 4.79 Å². The van der Waals surface area contributed by atoms with Gasteiger partial charge in [-0.05, 0) is 39.4 Å². The summed E-state index contributed by atoms with van der Waals surface area (Å²) >= 11 is 0. The van der Waals surface area contributed by atoms with E-state index < -0.39 is 67.4 Å². The molecule has 2 saturated heterocycles. The van der Waals surface area contributed by atoms with E-state index in [0.717, 1.165) is 27.8 Å². The normalized spacial score (nSPS) is 26.0. The van der Waals surface area contributed by atoms with E-state index >= 15 is 0 Å². The lowest BCUT2D eigenvalue weighted by molar-refractivity contribution is -0.371. The van der Waals surface area contributed by atoms with Crippen LogP contribution in [0, 0.1) is 0 Å². The first-order valence-corrected chi connectivity index (χ1v) is 23.2. The van der Waals surface area contributed by atoms with Gasteiger partial charge in [0.2, 0.25) is 0 Å². The maximum atomic E-state index is 14.6. The van der Waals surface area contributed by atoms with E-state index in [1.807, 2.05) is 164 Å². The molecule has 68 heavy (non-hydrogen) atoms. The van der Waals surface area contributed by atoms with Crippen molar-refractivity contribution in [1.82, 2.24) is 0 Å². The number of methoxy groups -OCH3 is 1. The second-order valence-corrected chi connectivity index (χ2v) is 17.0. The first-order valence-electron chi connectivity index (χ1n) is 23.2. The van der Waals surface area contributed by atoms with Gasteiger partial charge in [-0.15, -0.1) is 0 Å². The lowest BCUT2D eigenvalue weighted by Gasteiger charge is -2.49. The van der Waals surface area contributed by atoms with E-state index in [1.165, 1.54) is 7.11 Å². The molecule has 0 saturated carbocycles. The van der Waals surface area contributed by atoms with Crippen LogP contribution in [-0.4, -0.2) is 87.7 Å². The molecular weight excluding hydrogens is 865 g/mol. The minimum atomic E-state index is -1.15. The minimum absolute atomic E-state index is 0.00494. The van der Waals surface area contributed by atoms with Crippen molar-refractivity contribution in [3.8, 4) is 0 Å². The Hall–Kier alpha value is -5.61. The monoisotopic (exact) mass is 922 g/mol. The van der Waals surface area contributed by atoms with Crippen molar-refractivity contribution in [2.45, 2.75) is 101 Å². The molecule has 0 radical (unpaired) electrons. The third kappa shape index (κ3) is 12.3. The van der Waals surface area contributed by atoms with Gasteiger partial charge in [-0.2, -0.15) is 0 Å². The van der Waals surface area contributed by atoms with Crippen LogP contribution >= 0.6 is 0 Å². The number of carbonyl (C=O) groups is 1. The summed E-state index contributed by atoms with van der Waals surface area (Å²) in [6.45, 7) is 1.43. The standard InChI is InChI=1S/C56H58O12/c1-58-55-53(63-35-43-27-15-6-16-28-43)51-49(47(65-55)38-60-32-40-21-9-3-10-22-40)68-56-52(64-36-44-29-17-18-30-45(44)54(57)67-51)50(62-34-42-25-13-5-14-26-42)48(61-33-41-23-11-4-12-24-41)46(66-56)37-59-31-39-19-7-2-8-20-39/h2-30,46-53,55-56H,31-38H2,1H3/t46-,47-,48-,49-,50+,51+,52-,53-,55+,56-/m1/s1. The van der Waals surface area contributed by atoms with Gasteiger partial charge in [0.25, 0.3) is 0 Å². The van der Waals surface area contributed by atoms with E-state index in [2.05, 4.69) is 0 Å². The fourth-order valence-electron chi connectivity index (χ4n) is 8.77. The predicted octanol–water partition coefficient (Wildman–Crippen LogP) is 8.78. The second-order valence-electron chi connectivity index (χ2n) is 17.0. The number of hydrogen-bond acceptors (Lipinski definition) is 12. The summed E-state index contributed by atoms with van der Waals surface area (Å²) in [5.41, 5.74) is 5.74. The topological polar surface area (TPSA) is 119 Å². The zero-order valence-electron chi connectivity index (χ0n) is 38.1.